The summed E-state index contributed by atoms with van der Waals surface area (Å²) in [6.45, 7) is 4.53. The molecule has 0 aliphatic heterocycles. The van der Waals surface area contributed by atoms with Crippen LogP contribution < -0.4 is 4.74 Å². The van der Waals surface area contributed by atoms with E-state index in [-0.39, 0.29) is 12.4 Å². The van der Waals surface area contributed by atoms with Crippen LogP contribution in [0.25, 0.3) is 17.5 Å². The number of ether oxygens (including phenoxy) is 3. The van der Waals surface area contributed by atoms with E-state index in [1.165, 1.54) is 7.11 Å². The van der Waals surface area contributed by atoms with Crippen LogP contribution in [0, 0.1) is 13.8 Å². The molecule has 0 aliphatic rings. The first-order valence-electron chi connectivity index (χ1n) is 11.8. The molecule has 3 aromatic carbocycles. The molecule has 4 rings (SSSR count). The van der Waals surface area contributed by atoms with Crippen molar-refractivity contribution < 1.29 is 23.4 Å². The van der Waals surface area contributed by atoms with Gasteiger partial charge in [-0.25, -0.2) is 9.78 Å². The van der Waals surface area contributed by atoms with E-state index in [0.717, 1.165) is 39.5 Å². The first-order valence-corrected chi connectivity index (χ1v) is 11.8. The zero-order valence-electron chi connectivity index (χ0n) is 20.7. The van der Waals surface area contributed by atoms with E-state index in [2.05, 4.69) is 4.98 Å². The number of oxazole rings is 1. The minimum Gasteiger partial charge on any atom is -0.493 e. The fourth-order valence-electron chi connectivity index (χ4n) is 3.69. The van der Waals surface area contributed by atoms with Crippen LogP contribution in [0.5, 0.6) is 5.75 Å². The van der Waals surface area contributed by atoms with Crippen molar-refractivity contribution in [3.05, 3.63) is 113 Å². The Balaban J connectivity index is 1.34. The van der Waals surface area contributed by atoms with Gasteiger partial charge in [-0.2, -0.15) is 0 Å². The molecule has 0 aliphatic carbocycles. The Morgan fingerprint density at radius 2 is 1.69 bits per heavy atom. The van der Waals surface area contributed by atoms with Crippen molar-refractivity contribution in [3.63, 3.8) is 0 Å². The Hall–Kier alpha value is -4.32. The molecule has 0 radical (unpaired) electrons. The quantitative estimate of drug-likeness (QED) is 0.150. The monoisotopic (exact) mass is 483 g/mol. The maximum Gasteiger partial charge on any atom is 0.373 e. The third kappa shape index (κ3) is 6.42. The van der Waals surface area contributed by atoms with E-state index in [9.17, 15) is 4.79 Å². The van der Waals surface area contributed by atoms with Crippen LogP contribution in [0.15, 0.2) is 89.0 Å². The summed E-state index contributed by atoms with van der Waals surface area (Å²) in [7, 11) is 1.45. The van der Waals surface area contributed by atoms with Gasteiger partial charge in [0.05, 0.1) is 19.4 Å². The minimum atomic E-state index is -0.516. The van der Waals surface area contributed by atoms with E-state index < -0.39 is 5.97 Å². The van der Waals surface area contributed by atoms with Gasteiger partial charge < -0.3 is 18.6 Å². The highest BCUT2D eigenvalue weighted by Gasteiger charge is 2.14. The van der Waals surface area contributed by atoms with Gasteiger partial charge >= 0.3 is 5.97 Å². The number of hydrogen-bond acceptors (Lipinski definition) is 6. The van der Waals surface area contributed by atoms with Crippen LogP contribution in [0.3, 0.4) is 0 Å². The van der Waals surface area contributed by atoms with Crippen molar-refractivity contribution in [1.29, 1.82) is 0 Å². The number of aryl methyl sites for hydroxylation is 2. The molecule has 0 unspecified atom stereocenters. The van der Waals surface area contributed by atoms with Gasteiger partial charge in [0.1, 0.15) is 18.1 Å². The van der Waals surface area contributed by atoms with Crippen LogP contribution in [0.2, 0.25) is 0 Å². The van der Waals surface area contributed by atoms with Crippen molar-refractivity contribution in [2.75, 3.05) is 13.7 Å². The molecule has 0 bridgehead atoms. The second kappa shape index (κ2) is 11.9. The minimum absolute atomic E-state index is 0.134. The maximum absolute atomic E-state index is 12.4. The highest BCUT2D eigenvalue weighted by molar-refractivity contribution is 5.91. The molecular weight excluding hydrogens is 454 g/mol. The third-order valence-electron chi connectivity index (χ3n) is 5.64. The van der Waals surface area contributed by atoms with E-state index in [1.807, 2.05) is 92.7 Å². The molecule has 1 aromatic heterocycles. The Labute approximate surface area is 211 Å². The summed E-state index contributed by atoms with van der Waals surface area (Å²) in [6, 6.07) is 25.0. The molecule has 1 heterocycles. The zero-order chi connectivity index (χ0) is 25.3. The van der Waals surface area contributed by atoms with E-state index in [1.54, 1.807) is 6.08 Å². The van der Waals surface area contributed by atoms with Gasteiger partial charge in [-0.05, 0) is 60.9 Å². The Morgan fingerprint density at radius 1 is 0.972 bits per heavy atom. The lowest BCUT2D eigenvalue weighted by Crippen LogP contribution is -2.09. The second-order valence-corrected chi connectivity index (χ2v) is 8.29. The van der Waals surface area contributed by atoms with Crippen LogP contribution >= 0.6 is 0 Å². The molecule has 0 saturated heterocycles. The molecule has 0 amide bonds. The van der Waals surface area contributed by atoms with E-state index in [4.69, 9.17) is 18.6 Å². The molecule has 6 heteroatoms. The van der Waals surface area contributed by atoms with Crippen molar-refractivity contribution in [2.45, 2.75) is 26.9 Å². The summed E-state index contributed by atoms with van der Waals surface area (Å²) in [5.41, 5.74) is 4.50. The van der Waals surface area contributed by atoms with Gasteiger partial charge in [-0.3, -0.25) is 0 Å². The number of rotatable bonds is 10. The first-order chi connectivity index (χ1) is 17.5. The number of benzene rings is 3. The van der Waals surface area contributed by atoms with Crippen molar-refractivity contribution in [2.24, 2.45) is 0 Å². The predicted octanol–water partition coefficient (Wildman–Crippen LogP) is 6.31. The average molecular weight is 484 g/mol. The topological polar surface area (TPSA) is 70.8 Å². The lowest BCUT2D eigenvalue weighted by Gasteiger charge is -2.10. The highest BCUT2D eigenvalue weighted by Crippen LogP contribution is 2.24. The fourth-order valence-corrected chi connectivity index (χ4v) is 3.69. The number of nitrogens with zero attached hydrogens (tertiary/aromatic N) is 1. The summed E-state index contributed by atoms with van der Waals surface area (Å²) in [6.07, 6.45) is 2.29. The molecule has 0 N–H and O–H groups in total. The van der Waals surface area contributed by atoms with Crippen LogP contribution in [0.4, 0.5) is 0 Å². The van der Waals surface area contributed by atoms with Crippen molar-refractivity contribution in [1.82, 2.24) is 4.98 Å². The van der Waals surface area contributed by atoms with Crippen LogP contribution in [-0.4, -0.2) is 24.7 Å². The number of aromatic nitrogens is 1. The lowest BCUT2D eigenvalue weighted by molar-refractivity contribution is -0.143. The third-order valence-corrected chi connectivity index (χ3v) is 5.64. The van der Waals surface area contributed by atoms with Crippen molar-refractivity contribution in [3.8, 4) is 17.2 Å². The number of methoxy groups -OCH3 is 1. The Morgan fingerprint density at radius 3 is 2.39 bits per heavy atom. The lowest BCUT2D eigenvalue weighted by atomic mass is 10.1. The van der Waals surface area contributed by atoms with Gasteiger partial charge in [0.15, 0.2) is 0 Å². The molecule has 6 nitrogen and oxygen atoms in total. The highest BCUT2D eigenvalue weighted by atomic mass is 16.6. The molecule has 0 spiro atoms. The molecular formula is C30H29NO5. The first kappa shape index (κ1) is 24.8. The second-order valence-electron chi connectivity index (χ2n) is 8.29. The van der Waals surface area contributed by atoms with E-state index in [0.29, 0.717) is 18.9 Å². The smallest absolute Gasteiger partial charge is 0.373 e. The normalized spacial score (nSPS) is 11.2. The standard InChI is InChI=1S/C30H29NO5/c1-21-18-24(19-28(33-3)30(32)35-20-23-10-6-4-7-11-23)14-15-27(21)34-17-16-26-22(2)36-29(31-26)25-12-8-5-9-13-25/h4-15,18-19H,16-17,20H2,1-3H3/b28-19-. The average Bonchev–Trinajstić information content (AvgIpc) is 3.28. The number of carbonyl (C=O) groups excluding carboxylic acids is 1. The van der Waals surface area contributed by atoms with Gasteiger partial charge in [-0.1, -0.05) is 54.6 Å². The fraction of sp³-hybridized carbons (Fsp3) is 0.200. The van der Waals surface area contributed by atoms with Gasteiger partial charge in [0.25, 0.3) is 0 Å². The predicted molar refractivity (Wildman–Crippen MR) is 138 cm³/mol. The summed E-state index contributed by atoms with van der Waals surface area (Å²) in [5.74, 6) is 1.79. The zero-order valence-corrected chi connectivity index (χ0v) is 20.7. The van der Waals surface area contributed by atoms with Gasteiger partial charge in [0.2, 0.25) is 11.6 Å². The van der Waals surface area contributed by atoms with Crippen LogP contribution in [0.1, 0.15) is 28.1 Å². The largest absolute Gasteiger partial charge is 0.493 e. The summed E-state index contributed by atoms with van der Waals surface area (Å²) >= 11 is 0. The molecule has 36 heavy (non-hydrogen) atoms. The Bertz CT molecular complexity index is 1330. The summed E-state index contributed by atoms with van der Waals surface area (Å²) < 4.78 is 22.5. The molecule has 184 valence electrons. The molecule has 0 atom stereocenters. The number of carbonyl (C=O) groups is 1. The van der Waals surface area contributed by atoms with E-state index >= 15 is 0 Å². The molecule has 0 saturated carbocycles. The summed E-state index contributed by atoms with van der Waals surface area (Å²) in [4.78, 5) is 17.1. The number of esters is 1. The SMILES string of the molecule is CO/C(=C\c1ccc(OCCc2nc(-c3ccccc3)oc2C)c(C)c1)C(=O)OCc1ccccc1. The maximum atomic E-state index is 12.4. The van der Waals surface area contributed by atoms with Crippen LogP contribution in [-0.2, 0) is 27.3 Å². The van der Waals surface area contributed by atoms with Gasteiger partial charge in [-0.15, -0.1) is 0 Å². The molecule has 0 fully saturated rings. The number of hydrogen-bond donors (Lipinski definition) is 0. The van der Waals surface area contributed by atoms with Gasteiger partial charge in [0, 0.05) is 12.0 Å². The summed E-state index contributed by atoms with van der Waals surface area (Å²) in [5, 5.41) is 0. The molecule has 4 aromatic rings. The Kier molecular flexibility index (Phi) is 8.19. The van der Waals surface area contributed by atoms with Crippen molar-refractivity contribution >= 4 is 12.0 Å².